The van der Waals surface area contributed by atoms with Crippen LogP contribution in [0.1, 0.15) is 46.9 Å². The fourth-order valence-corrected chi connectivity index (χ4v) is 2.68. The van der Waals surface area contributed by atoms with Crippen LogP contribution in [0.25, 0.3) is 0 Å². The van der Waals surface area contributed by atoms with Gasteiger partial charge in [0.25, 0.3) is 0 Å². The molecule has 2 heterocycles. The van der Waals surface area contributed by atoms with Gasteiger partial charge in [0.15, 0.2) is 0 Å². The van der Waals surface area contributed by atoms with Crippen molar-refractivity contribution in [2.45, 2.75) is 26.0 Å². The third kappa shape index (κ3) is 2.16. The maximum atomic E-state index is 11.0. The second kappa shape index (κ2) is 4.91. The van der Waals surface area contributed by atoms with Crippen molar-refractivity contribution in [2.75, 3.05) is 0 Å². The molecule has 0 radical (unpaired) electrons. The van der Waals surface area contributed by atoms with Gasteiger partial charge < -0.3 is 14.8 Å². The normalized spacial score (nSPS) is 12.9. The van der Waals surface area contributed by atoms with Crippen molar-refractivity contribution in [3.05, 3.63) is 40.1 Å². The molecule has 0 saturated carbocycles. The summed E-state index contributed by atoms with van der Waals surface area (Å²) in [4.78, 5) is 15.5. The predicted molar refractivity (Wildman–Crippen MR) is 68.0 cm³/mol. The highest BCUT2D eigenvalue weighted by atomic mass is 32.1. The minimum Gasteiger partial charge on any atom is -0.478 e. The summed E-state index contributed by atoms with van der Waals surface area (Å²) in [6.07, 6.45) is 2.24. The molecule has 0 spiro atoms. The lowest BCUT2D eigenvalue weighted by atomic mass is 10.1. The van der Waals surface area contributed by atoms with Crippen molar-refractivity contribution in [3.8, 4) is 0 Å². The van der Waals surface area contributed by atoms with Crippen molar-refractivity contribution in [2.24, 2.45) is 0 Å². The summed E-state index contributed by atoms with van der Waals surface area (Å²) in [5, 5.41) is 21.0. The first-order valence-electron chi connectivity index (χ1n) is 5.52. The third-order valence-electron chi connectivity index (χ3n) is 2.71. The topological polar surface area (TPSA) is 75.3 Å². The lowest BCUT2D eigenvalue weighted by molar-refractivity contribution is 0.0692. The largest absolute Gasteiger partial charge is 0.478 e. The Morgan fingerprint density at radius 2 is 2.22 bits per heavy atom. The van der Waals surface area contributed by atoms with Gasteiger partial charge in [-0.1, -0.05) is 0 Å². The van der Waals surface area contributed by atoms with Crippen LogP contribution < -0.4 is 0 Å². The van der Waals surface area contributed by atoms with Crippen LogP contribution in [0.2, 0.25) is 0 Å². The van der Waals surface area contributed by atoms with Crippen molar-refractivity contribution in [1.82, 2.24) is 9.55 Å². The van der Waals surface area contributed by atoms with Crippen molar-refractivity contribution in [3.63, 3.8) is 0 Å². The summed E-state index contributed by atoms with van der Waals surface area (Å²) in [6, 6.07) is 1.66. The molecular weight excluding hydrogens is 252 g/mol. The van der Waals surface area contributed by atoms with E-state index >= 15 is 0 Å². The number of aromatic nitrogens is 2. The first kappa shape index (κ1) is 12.8. The number of hydrogen-bond acceptors (Lipinski definition) is 4. The summed E-state index contributed by atoms with van der Waals surface area (Å²) in [6.45, 7) is 3.95. The van der Waals surface area contributed by atoms with E-state index in [1.807, 2.05) is 18.4 Å². The first-order chi connectivity index (χ1) is 8.52. The van der Waals surface area contributed by atoms with Crippen LogP contribution in [0, 0.1) is 0 Å². The summed E-state index contributed by atoms with van der Waals surface area (Å²) < 4.78 is 1.83. The zero-order valence-corrected chi connectivity index (χ0v) is 10.9. The molecule has 2 aromatic heterocycles. The Bertz CT molecular complexity index is 559. The number of thiophene rings is 1. The molecule has 2 N–H and O–H groups in total. The number of imidazole rings is 1. The molecule has 2 aromatic rings. The Hall–Kier alpha value is -1.66. The van der Waals surface area contributed by atoms with Crippen LogP contribution >= 0.6 is 11.3 Å². The van der Waals surface area contributed by atoms with Gasteiger partial charge in [-0.05, 0) is 25.3 Å². The molecular formula is C12H14N2O3S. The number of carboxylic acids is 1. The zero-order chi connectivity index (χ0) is 13.3. The van der Waals surface area contributed by atoms with Crippen molar-refractivity contribution < 1.29 is 15.0 Å². The van der Waals surface area contributed by atoms with Gasteiger partial charge in [-0.25, -0.2) is 9.78 Å². The Labute approximate surface area is 108 Å². The fourth-order valence-electron chi connectivity index (χ4n) is 1.80. The maximum absolute atomic E-state index is 11.0. The van der Waals surface area contributed by atoms with Gasteiger partial charge in [0, 0.05) is 6.04 Å². The Balaban J connectivity index is 2.42. The Kier molecular flexibility index (Phi) is 3.49. The van der Waals surface area contributed by atoms with Gasteiger partial charge >= 0.3 is 5.97 Å². The second-order valence-electron chi connectivity index (χ2n) is 4.23. The van der Waals surface area contributed by atoms with Crippen LogP contribution in [0.5, 0.6) is 0 Å². The molecule has 18 heavy (non-hydrogen) atoms. The highest BCUT2D eigenvalue weighted by Crippen LogP contribution is 2.30. The molecule has 2 rings (SSSR count). The average molecular weight is 266 g/mol. The minimum absolute atomic E-state index is 0.143. The fraction of sp³-hybridized carbons (Fsp3) is 0.333. The molecule has 0 aromatic carbocycles. The van der Waals surface area contributed by atoms with Crippen LogP contribution in [0.3, 0.4) is 0 Å². The van der Waals surface area contributed by atoms with Gasteiger partial charge in [-0.3, -0.25) is 0 Å². The molecule has 0 amide bonds. The third-order valence-corrected chi connectivity index (χ3v) is 3.68. The van der Waals surface area contributed by atoms with E-state index in [0.29, 0.717) is 10.6 Å². The van der Waals surface area contributed by atoms with Gasteiger partial charge in [-0.15, -0.1) is 11.3 Å². The number of carboxylic acid groups (broad SMARTS) is 1. The number of aliphatic hydroxyl groups excluding tert-OH is 1. The summed E-state index contributed by atoms with van der Waals surface area (Å²) in [5.74, 6) is -1.03. The highest BCUT2D eigenvalue weighted by Gasteiger charge is 2.23. The lowest BCUT2D eigenvalue weighted by Crippen LogP contribution is -2.11. The van der Waals surface area contributed by atoms with Gasteiger partial charge in [0.05, 0.1) is 28.7 Å². The number of carbonyl (C=O) groups is 1. The van der Waals surface area contributed by atoms with Crippen LogP contribution in [-0.4, -0.2) is 25.7 Å². The maximum Gasteiger partial charge on any atom is 0.336 e. The molecule has 0 bridgehead atoms. The van der Waals surface area contributed by atoms with Crippen LogP contribution in [0.15, 0.2) is 24.0 Å². The van der Waals surface area contributed by atoms with E-state index in [0.717, 1.165) is 0 Å². The van der Waals surface area contributed by atoms with Crippen molar-refractivity contribution >= 4 is 17.3 Å². The smallest absolute Gasteiger partial charge is 0.336 e. The average Bonchev–Trinajstić information content (AvgIpc) is 2.97. The van der Waals surface area contributed by atoms with E-state index in [4.69, 9.17) is 5.11 Å². The lowest BCUT2D eigenvalue weighted by Gasteiger charge is -2.16. The molecule has 0 aliphatic carbocycles. The zero-order valence-electron chi connectivity index (χ0n) is 10.1. The number of hydrogen-bond donors (Lipinski definition) is 2. The van der Waals surface area contributed by atoms with Gasteiger partial charge in [0.2, 0.25) is 0 Å². The van der Waals surface area contributed by atoms with E-state index in [9.17, 15) is 9.90 Å². The number of aliphatic hydroxyl groups is 1. The van der Waals surface area contributed by atoms with E-state index in [2.05, 4.69) is 4.98 Å². The van der Waals surface area contributed by atoms with Crippen molar-refractivity contribution in [1.29, 1.82) is 0 Å². The first-order valence-corrected chi connectivity index (χ1v) is 6.40. The Morgan fingerprint density at radius 1 is 1.50 bits per heavy atom. The van der Waals surface area contributed by atoms with E-state index in [-0.39, 0.29) is 11.6 Å². The van der Waals surface area contributed by atoms with Gasteiger partial charge in [0.1, 0.15) is 6.10 Å². The summed E-state index contributed by atoms with van der Waals surface area (Å²) >= 11 is 1.23. The number of aromatic carboxylic acids is 1. The van der Waals surface area contributed by atoms with Gasteiger partial charge in [-0.2, -0.15) is 0 Å². The monoisotopic (exact) mass is 266 g/mol. The SMILES string of the molecule is CC(C)n1cncc1C(O)c1sccc1C(=O)O. The van der Waals surface area contributed by atoms with E-state index in [1.165, 1.54) is 17.4 Å². The molecule has 96 valence electrons. The quantitative estimate of drug-likeness (QED) is 0.890. The van der Waals surface area contributed by atoms with E-state index < -0.39 is 12.1 Å². The Morgan fingerprint density at radius 3 is 2.83 bits per heavy atom. The molecule has 0 fully saturated rings. The molecule has 1 atom stereocenters. The molecule has 0 saturated heterocycles. The molecule has 0 aliphatic rings. The second-order valence-corrected chi connectivity index (χ2v) is 5.17. The van der Waals surface area contributed by atoms with Crippen LogP contribution in [-0.2, 0) is 0 Å². The van der Waals surface area contributed by atoms with Crippen LogP contribution in [0.4, 0.5) is 0 Å². The standard InChI is InChI=1S/C12H14N2O3S/c1-7(2)14-6-13-5-9(14)10(15)11-8(12(16)17)3-4-18-11/h3-7,10,15H,1-2H3,(H,16,17). The molecule has 0 aliphatic heterocycles. The summed E-state index contributed by atoms with van der Waals surface area (Å²) in [7, 11) is 0. The molecule has 5 nitrogen and oxygen atoms in total. The minimum atomic E-state index is -1.03. The van der Waals surface area contributed by atoms with E-state index in [1.54, 1.807) is 17.9 Å². The summed E-state index contributed by atoms with van der Waals surface area (Å²) in [5.41, 5.74) is 0.749. The number of rotatable bonds is 4. The molecule has 1 unspecified atom stereocenters. The highest BCUT2D eigenvalue weighted by molar-refractivity contribution is 7.10. The number of nitrogens with zero attached hydrogens (tertiary/aromatic N) is 2. The molecule has 6 heteroatoms. The predicted octanol–water partition coefficient (Wildman–Crippen LogP) is 2.31.